The highest BCUT2D eigenvalue weighted by atomic mass is 16.2. The lowest BCUT2D eigenvalue weighted by Gasteiger charge is -2.46. The lowest BCUT2D eigenvalue weighted by atomic mass is 9.92. The van der Waals surface area contributed by atoms with Gasteiger partial charge in [-0.3, -0.25) is 14.7 Å². The van der Waals surface area contributed by atoms with E-state index in [1.165, 1.54) is 0 Å². The molecule has 2 saturated heterocycles. The second-order valence-electron chi connectivity index (χ2n) is 7.19. The Morgan fingerprint density at radius 2 is 2.00 bits per heavy atom. The molecule has 1 atom stereocenters. The molecule has 0 radical (unpaired) electrons. The molecule has 2 aliphatic rings. The summed E-state index contributed by atoms with van der Waals surface area (Å²) in [4.78, 5) is 32.1. The van der Waals surface area contributed by atoms with Crippen molar-refractivity contribution in [2.45, 2.75) is 25.3 Å². The van der Waals surface area contributed by atoms with Crippen LogP contribution in [0, 0.1) is 0 Å². The van der Waals surface area contributed by atoms with Gasteiger partial charge >= 0.3 is 0 Å². The molecule has 2 aromatic rings. The molecule has 0 unspecified atom stereocenters. The van der Waals surface area contributed by atoms with E-state index >= 15 is 0 Å². The van der Waals surface area contributed by atoms with Gasteiger partial charge in [-0.25, -0.2) is 9.97 Å². The van der Waals surface area contributed by atoms with Crippen LogP contribution in [-0.2, 0) is 11.2 Å². The number of likely N-dealkylation sites (N-methyl/N-ethyl adjacent to an activating group) is 1. The Hall–Kier alpha value is -2.54. The number of anilines is 2. The molecule has 4 rings (SSSR count). The SMILES string of the molecule is CCc1cnc(N2CC[C@]3(C2)CN(c2cccnc2)C(=O)CN3C)nc1. The number of hydrogen-bond acceptors (Lipinski definition) is 6. The molecule has 136 valence electrons. The van der Waals surface area contributed by atoms with Gasteiger partial charge in [-0.15, -0.1) is 0 Å². The predicted octanol–water partition coefficient (Wildman–Crippen LogP) is 1.36. The van der Waals surface area contributed by atoms with Gasteiger partial charge in [0.05, 0.1) is 24.0 Å². The number of amides is 1. The van der Waals surface area contributed by atoms with Crippen molar-refractivity contribution in [1.82, 2.24) is 19.9 Å². The first-order valence-corrected chi connectivity index (χ1v) is 9.09. The van der Waals surface area contributed by atoms with E-state index in [-0.39, 0.29) is 11.4 Å². The zero-order valence-corrected chi connectivity index (χ0v) is 15.3. The highest BCUT2D eigenvalue weighted by molar-refractivity contribution is 5.95. The first kappa shape index (κ1) is 16.9. The van der Waals surface area contributed by atoms with E-state index in [2.05, 4.69) is 31.7 Å². The molecule has 2 aromatic heterocycles. The minimum Gasteiger partial charge on any atom is -0.339 e. The van der Waals surface area contributed by atoms with E-state index in [4.69, 9.17) is 0 Å². The van der Waals surface area contributed by atoms with E-state index in [9.17, 15) is 4.79 Å². The molecule has 0 bridgehead atoms. The lowest BCUT2D eigenvalue weighted by molar-refractivity contribution is -0.123. The molecule has 0 saturated carbocycles. The van der Waals surface area contributed by atoms with Crippen LogP contribution < -0.4 is 9.80 Å². The van der Waals surface area contributed by atoms with Crippen LogP contribution in [0.4, 0.5) is 11.6 Å². The van der Waals surface area contributed by atoms with Gasteiger partial charge in [0, 0.05) is 38.2 Å². The van der Waals surface area contributed by atoms with Crippen molar-refractivity contribution >= 4 is 17.5 Å². The summed E-state index contributed by atoms with van der Waals surface area (Å²) < 4.78 is 0. The highest BCUT2D eigenvalue weighted by Crippen LogP contribution is 2.34. The highest BCUT2D eigenvalue weighted by Gasteiger charge is 2.48. The number of hydrogen-bond donors (Lipinski definition) is 0. The van der Waals surface area contributed by atoms with Gasteiger partial charge in [-0.2, -0.15) is 0 Å². The second kappa shape index (κ2) is 6.64. The van der Waals surface area contributed by atoms with Gasteiger partial charge in [-0.05, 0) is 37.6 Å². The van der Waals surface area contributed by atoms with Crippen LogP contribution in [0.15, 0.2) is 36.9 Å². The van der Waals surface area contributed by atoms with E-state index in [0.717, 1.165) is 43.1 Å². The fourth-order valence-corrected chi connectivity index (χ4v) is 3.87. The quantitative estimate of drug-likeness (QED) is 0.831. The molecule has 0 aliphatic carbocycles. The fourth-order valence-electron chi connectivity index (χ4n) is 3.87. The van der Waals surface area contributed by atoms with E-state index in [1.807, 2.05) is 36.5 Å². The molecule has 7 nitrogen and oxygen atoms in total. The molecule has 0 aromatic carbocycles. The first-order valence-electron chi connectivity index (χ1n) is 9.09. The molecule has 26 heavy (non-hydrogen) atoms. The van der Waals surface area contributed by atoms with Crippen LogP contribution in [0.2, 0.25) is 0 Å². The Bertz CT molecular complexity index is 780. The number of piperazine rings is 1. The summed E-state index contributed by atoms with van der Waals surface area (Å²) in [6, 6.07) is 3.82. The van der Waals surface area contributed by atoms with Crippen LogP contribution in [0.25, 0.3) is 0 Å². The summed E-state index contributed by atoms with van der Waals surface area (Å²) in [5.74, 6) is 0.894. The molecule has 2 aliphatic heterocycles. The molecule has 7 heteroatoms. The van der Waals surface area contributed by atoms with Crippen molar-refractivity contribution in [3.8, 4) is 0 Å². The Balaban J connectivity index is 1.56. The minimum atomic E-state index is -0.0868. The Morgan fingerprint density at radius 1 is 1.19 bits per heavy atom. The molecule has 2 fully saturated rings. The maximum atomic E-state index is 12.6. The van der Waals surface area contributed by atoms with Crippen molar-refractivity contribution in [3.05, 3.63) is 42.5 Å². The van der Waals surface area contributed by atoms with Gasteiger partial charge < -0.3 is 9.80 Å². The number of aryl methyl sites for hydroxylation is 1. The van der Waals surface area contributed by atoms with Crippen LogP contribution in [0.1, 0.15) is 18.9 Å². The number of pyridine rings is 1. The second-order valence-corrected chi connectivity index (χ2v) is 7.19. The fraction of sp³-hybridized carbons (Fsp3) is 0.474. The third-order valence-corrected chi connectivity index (χ3v) is 5.61. The minimum absolute atomic E-state index is 0.0868. The van der Waals surface area contributed by atoms with Gasteiger partial charge in [0.25, 0.3) is 0 Å². The van der Waals surface area contributed by atoms with Gasteiger partial charge in [-0.1, -0.05) is 6.92 Å². The largest absolute Gasteiger partial charge is 0.339 e. The summed E-state index contributed by atoms with van der Waals surface area (Å²) in [5, 5.41) is 0. The number of nitrogens with zero attached hydrogens (tertiary/aromatic N) is 6. The van der Waals surface area contributed by atoms with Gasteiger partial charge in [0.2, 0.25) is 11.9 Å². The molecule has 4 heterocycles. The van der Waals surface area contributed by atoms with Crippen LogP contribution >= 0.6 is 0 Å². The van der Waals surface area contributed by atoms with Gasteiger partial charge in [0.1, 0.15) is 0 Å². The molecule has 1 spiro atoms. The monoisotopic (exact) mass is 352 g/mol. The molecule has 0 N–H and O–H groups in total. The van der Waals surface area contributed by atoms with Crippen molar-refractivity contribution in [2.24, 2.45) is 0 Å². The van der Waals surface area contributed by atoms with E-state index in [1.54, 1.807) is 12.4 Å². The Morgan fingerprint density at radius 3 is 2.69 bits per heavy atom. The smallest absolute Gasteiger partial charge is 0.241 e. The maximum Gasteiger partial charge on any atom is 0.241 e. The molecular formula is C19H24N6O. The predicted molar refractivity (Wildman–Crippen MR) is 100 cm³/mol. The maximum absolute atomic E-state index is 12.6. The standard InChI is InChI=1S/C19H24N6O/c1-3-15-9-21-18(22-10-15)24-8-6-19(13-24)14-25(17(26)12-23(19)2)16-5-4-7-20-11-16/h4-5,7,9-11H,3,6,8,12-14H2,1-2H3/t19-/m0/s1. The third kappa shape index (κ3) is 2.92. The van der Waals surface area contributed by atoms with Crippen LogP contribution in [-0.4, -0.2) is 64.5 Å². The number of aromatic nitrogens is 3. The zero-order valence-electron chi connectivity index (χ0n) is 15.3. The summed E-state index contributed by atoms with van der Waals surface area (Å²) in [6.45, 7) is 4.89. The third-order valence-electron chi connectivity index (χ3n) is 5.61. The number of carbonyl (C=O) groups excluding carboxylic acids is 1. The average Bonchev–Trinajstić information content (AvgIpc) is 3.11. The summed E-state index contributed by atoms with van der Waals surface area (Å²) in [7, 11) is 2.04. The normalized spacial score (nSPS) is 23.8. The Kier molecular flexibility index (Phi) is 4.32. The van der Waals surface area contributed by atoms with E-state index in [0.29, 0.717) is 13.1 Å². The van der Waals surface area contributed by atoms with Gasteiger partial charge in [0.15, 0.2) is 0 Å². The number of rotatable bonds is 3. The topological polar surface area (TPSA) is 65.5 Å². The molecular weight excluding hydrogens is 328 g/mol. The van der Waals surface area contributed by atoms with Crippen molar-refractivity contribution in [1.29, 1.82) is 0 Å². The van der Waals surface area contributed by atoms with Crippen LogP contribution in [0.3, 0.4) is 0 Å². The Labute approximate surface area is 153 Å². The van der Waals surface area contributed by atoms with E-state index < -0.39 is 0 Å². The number of carbonyl (C=O) groups is 1. The lowest BCUT2D eigenvalue weighted by Crippen LogP contribution is -2.64. The van der Waals surface area contributed by atoms with Crippen molar-refractivity contribution < 1.29 is 4.79 Å². The van der Waals surface area contributed by atoms with Crippen molar-refractivity contribution in [3.63, 3.8) is 0 Å². The first-order chi connectivity index (χ1) is 12.6. The average molecular weight is 352 g/mol. The van der Waals surface area contributed by atoms with Crippen molar-refractivity contribution in [2.75, 3.05) is 43.0 Å². The molecule has 1 amide bonds. The van der Waals surface area contributed by atoms with Crippen LogP contribution in [0.5, 0.6) is 0 Å². The summed E-state index contributed by atoms with van der Waals surface area (Å²) in [6.07, 6.45) is 9.22. The summed E-state index contributed by atoms with van der Waals surface area (Å²) in [5.41, 5.74) is 1.93. The zero-order chi connectivity index (χ0) is 18.1. The summed E-state index contributed by atoms with van der Waals surface area (Å²) >= 11 is 0.